The van der Waals surface area contributed by atoms with Gasteiger partial charge in [-0.3, -0.25) is 4.79 Å². The molecule has 0 bridgehead atoms. The van der Waals surface area contributed by atoms with Gasteiger partial charge in [-0.2, -0.15) is 0 Å². The molecule has 7 nitrogen and oxygen atoms in total. The molecule has 3 unspecified atom stereocenters. The molecule has 4 N–H and O–H groups in total. The minimum absolute atomic E-state index is 0.0207. The number of β-amino-alcohol motifs (C(OH)–C–C–N with tert-alkyl or cyclic N) is 1. The highest BCUT2D eigenvalue weighted by Crippen LogP contribution is 2.12. The molecule has 1 aliphatic heterocycles. The topological polar surface area (TPSA) is 110 Å². The summed E-state index contributed by atoms with van der Waals surface area (Å²) >= 11 is 0. The van der Waals surface area contributed by atoms with E-state index in [1.165, 1.54) is 6.92 Å². The van der Waals surface area contributed by atoms with Crippen LogP contribution in [0.25, 0.3) is 0 Å². The monoisotopic (exact) mass is 218 g/mol. The van der Waals surface area contributed by atoms with Crippen molar-refractivity contribution in [1.82, 2.24) is 10.2 Å². The number of nitrogens with one attached hydrogen (secondary N) is 1. The largest absolute Gasteiger partial charge is 0.465 e. The maximum Gasteiger partial charge on any atom is 0.407 e. The van der Waals surface area contributed by atoms with Gasteiger partial charge in [0.1, 0.15) is 6.10 Å². The van der Waals surface area contributed by atoms with Crippen LogP contribution in [0.4, 0.5) is 4.79 Å². The van der Waals surface area contributed by atoms with Crippen molar-refractivity contribution >= 4 is 12.0 Å². The van der Waals surface area contributed by atoms with Crippen molar-refractivity contribution in [3.8, 4) is 0 Å². The molecule has 15 heavy (non-hydrogen) atoms. The van der Waals surface area contributed by atoms with Gasteiger partial charge in [-0.15, -0.1) is 0 Å². The highest BCUT2D eigenvalue weighted by atomic mass is 16.4. The van der Waals surface area contributed by atoms with Gasteiger partial charge >= 0.3 is 6.09 Å². The Labute approximate surface area is 86.3 Å². The number of likely N-dealkylation sites (tertiary alicyclic amines) is 1. The van der Waals surface area contributed by atoms with Gasteiger partial charge < -0.3 is 25.5 Å². The van der Waals surface area contributed by atoms with E-state index in [1.807, 2.05) is 0 Å². The predicted octanol–water partition coefficient (Wildman–Crippen LogP) is -1.79. The lowest BCUT2D eigenvalue weighted by Crippen LogP contribution is -2.62. The summed E-state index contributed by atoms with van der Waals surface area (Å²) < 4.78 is 0. The lowest BCUT2D eigenvalue weighted by Gasteiger charge is -2.37. The molecule has 0 aromatic carbocycles. The molecular weight excluding hydrogens is 204 g/mol. The molecule has 0 spiro atoms. The summed E-state index contributed by atoms with van der Waals surface area (Å²) in [5.41, 5.74) is 0. The molecule has 7 heteroatoms. The van der Waals surface area contributed by atoms with Crippen molar-refractivity contribution in [2.45, 2.75) is 25.2 Å². The van der Waals surface area contributed by atoms with Crippen LogP contribution in [0.3, 0.4) is 0 Å². The molecule has 1 aliphatic rings. The molecule has 0 aromatic rings. The molecule has 86 valence electrons. The summed E-state index contributed by atoms with van der Waals surface area (Å²) in [6.45, 7) is 1.10. The van der Waals surface area contributed by atoms with Gasteiger partial charge in [0.2, 0.25) is 5.91 Å². The first-order valence-corrected chi connectivity index (χ1v) is 4.53. The van der Waals surface area contributed by atoms with Gasteiger partial charge in [-0.25, -0.2) is 4.79 Å². The van der Waals surface area contributed by atoms with E-state index in [2.05, 4.69) is 5.32 Å². The highest BCUT2D eigenvalue weighted by Gasteiger charge is 2.36. The first-order valence-electron chi connectivity index (χ1n) is 4.53. The number of aliphatic hydroxyl groups is 2. The minimum atomic E-state index is -1.18. The Morgan fingerprint density at radius 3 is 2.40 bits per heavy atom. The summed E-state index contributed by atoms with van der Waals surface area (Å²) in [5.74, 6) is -0.376. The van der Waals surface area contributed by atoms with Crippen molar-refractivity contribution in [1.29, 1.82) is 0 Å². The van der Waals surface area contributed by atoms with Gasteiger partial charge in [-0.1, -0.05) is 0 Å². The molecule has 1 fully saturated rings. The van der Waals surface area contributed by atoms with Crippen LogP contribution in [0.5, 0.6) is 0 Å². The zero-order valence-electron chi connectivity index (χ0n) is 8.25. The second kappa shape index (κ2) is 4.45. The normalized spacial score (nSPS) is 31.1. The Balaban J connectivity index is 2.68. The van der Waals surface area contributed by atoms with E-state index in [9.17, 15) is 19.8 Å². The number of amides is 2. The van der Waals surface area contributed by atoms with Crippen molar-refractivity contribution in [3.63, 3.8) is 0 Å². The van der Waals surface area contributed by atoms with Crippen LogP contribution in [0.1, 0.15) is 6.92 Å². The maximum absolute atomic E-state index is 10.8. The van der Waals surface area contributed by atoms with Crippen molar-refractivity contribution in [3.05, 3.63) is 0 Å². The fourth-order valence-electron chi connectivity index (χ4n) is 1.57. The smallest absolute Gasteiger partial charge is 0.407 e. The first-order chi connectivity index (χ1) is 6.91. The van der Waals surface area contributed by atoms with Crippen molar-refractivity contribution in [2.75, 3.05) is 13.1 Å². The third-order valence-corrected chi connectivity index (χ3v) is 2.29. The molecule has 1 saturated heterocycles. The van der Waals surface area contributed by atoms with Crippen LogP contribution in [-0.4, -0.2) is 63.6 Å². The highest BCUT2D eigenvalue weighted by molar-refractivity contribution is 5.73. The Hall–Kier alpha value is -1.34. The van der Waals surface area contributed by atoms with Crippen LogP contribution in [-0.2, 0) is 4.79 Å². The van der Waals surface area contributed by atoms with E-state index in [0.29, 0.717) is 0 Å². The maximum atomic E-state index is 10.8. The number of carbonyl (C=O) groups is 2. The summed E-state index contributed by atoms with van der Waals surface area (Å²) in [5, 5.41) is 30.0. The van der Waals surface area contributed by atoms with E-state index in [0.717, 1.165) is 4.90 Å². The molecule has 0 aromatic heterocycles. The van der Waals surface area contributed by atoms with Gasteiger partial charge in [0.25, 0.3) is 0 Å². The molecule has 1 rings (SSSR count). The van der Waals surface area contributed by atoms with E-state index in [-0.39, 0.29) is 19.0 Å². The molecule has 1 heterocycles. The average Bonchev–Trinajstić information content (AvgIpc) is 2.11. The standard InChI is InChI=1S/C8H14N2O5/c1-4(11)9-5-2-10(8(14)15)3-6(12)7(5)13/h5-7,12-13H,2-3H2,1H3,(H,9,11)(H,14,15). The summed E-state index contributed by atoms with van der Waals surface area (Å²) in [4.78, 5) is 22.4. The number of rotatable bonds is 1. The third kappa shape index (κ3) is 2.80. The molecular formula is C8H14N2O5. The number of carbonyl (C=O) groups excluding carboxylic acids is 1. The number of hydrogen-bond donors (Lipinski definition) is 4. The predicted molar refractivity (Wildman–Crippen MR) is 49.2 cm³/mol. The third-order valence-electron chi connectivity index (χ3n) is 2.29. The Morgan fingerprint density at radius 2 is 1.93 bits per heavy atom. The van der Waals surface area contributed by atoms with Gasteiger partial charge in [0.15, 0.2) is 0 Å². The fraction of sp³-hybridized carbons (Fsp3) is 0.750. The molecule has 0 radical (unpaired) electrons. The number of nitrogens with zero attached hydrogens (tertiary/aromatic N) is 1. The molecule has 3 atom stereocenters. The quantitative estimate of drug-likeness (QED) is 0.415. The van der Waals surface area contributed by atoms with E-state index < -0.39 is 24.3 Å². The summed E-state index contributed by atoms with van der Waals surface area (Å²) in [6, 6.07) is -0.762. The van der Waals surface area contributed by atoms with E-state index in [1.54, 1.807) is 0 Å². The van der Waals surface area contributed by atoms with Crippen LogP contribution >= 0.6 is 0 Å². The Morgan fingerprint density at radius 1 is 1.33 bits per heavy atom. The number of hydrogen-bond acceptors (Lipinski definition) is 4. The number of aliphatic hydroxyl groups excluding tert-OH is 2. The fourth-order valence-corrected chi connectivity index (χ4v) is 1.57. The minimum Gasteiger partial charge on any atom is -0.465 e. The summed E-state index contributed by atoms with van der Waals surface area (Å²) in [6.07, 6.45) is -3.49. The molecule has 0 saturated carbocycles. The van der Waals surface area contributed by atoms with Crippen LogP contribution in [0.2, 0.25) is 0 Å². The van der Waals surface area contributed by atoms with Crippen molar-refractivity contribution < 1.29 is 24.9 Å². The van der Waals surface area contributed by atoms with E-state index in [4.69, 9.17) is 5.11 Å². The van der Waals surface area contributed by atoms with Gasteiger partial charge in [-0.05, 0) is 0 Å². The van der Waals surface area contributed by atoms with Crippen LogP contribution in [0, 0.1) is 0 Å². The molecule has 2 amide bonds. The zero-order chi connectivity index (χ0) is 11.6. The Kier molecular flexibility index (Phi) is 3.48. The molecule has 0 aliphatic carbocycles. The summed E-state index contributed by atoms with van der Waals surface area (Å²) in [7, 11) is 0. The van der Waals surface area contributed by atoms with E-state index >= 15 is 0 Å². The van der Waals surface area contributed by atoms with Crippen LogP contribution < -0.4 is 5.32 Å². The SMILES string of the molecule is CC(=O)NC1CN(C(=O)O)CC(O)C1O. The van der Waals surface area contributed by atoms with Crippen LogP contribution in [0.15, 0.2) is 0 Å². The Bertz CT molecular complexity index is 270. The average molecular weight is 218 g/mol. The number of piperidine rings is 1. The lowest BCUT2D eigenvalue weighted by molar-refractivity contribution is -0.123. The second-order valence-electron chi connectivity index (χ2n) is 3.55. The van der Waals surface area contributed by atoms with Crippen molar-refractivity contribution in [2.24, 2.45) is 0 Å². The lowest BCUT2D eigenvalue weighted by atomic mass is 10.00. The van der Waals surface area contributed by atoms with Gasteiger partial charge in [0, 0.05) is 13.5 Å². The number of carboxylic acid groups (broad SMARTS) is 1. The zero-order valence-corrected chi connectivity index (χ0v) is 8.25. The second-order valence-corrected chi connectivity index (χ2v) is 3.55. The van der Waals surface area contributed by atoms with Gasteiger partial charge in [0.05, 0.1) is 18.7 Å². The first kappa shape index (κ1) is 11.7.